The van der Waals surface area contributed by atoms with Crippen LogP contribution in [0.5, 0.6) is 0 Å². The standard InChI is InChI=1S/C19H22Cl2N6O3S/c1-2-9-31(29,30)26-8-4-5-12(10-26)17-22-18-16(19(28)23-17)24-25-27(18)11-13-14(20)6-3-7-15(13)21/h3,6-7,12H,2,4-5,8-11H2,1H3,(H,22,23,28)/t12-/m1/s1. The monoisotopic (exact) mass is 484 g/mol. The third-order valence-corrected chi connectivity index (χ3v) is 8.14. The minimum Gasteiger partial charge on any atom is -0.308 e. The van der Waals surface area contributed by atoms with Gasteiger partial charge in [0, 0.05) is 34.6 Å². The molecule has 1 aliphatic heterocycles. The lowest BCUT2D eigenvalue weighted by atomic mass is 9.99. The highest BCUT2D eigenvalue weighted by atomic mass is 35.5. The molecule has 1 fully saturated rings. The zero-order valence-corrected chi connectivity index (χ0v) is 19.2. The van der Waals surface area contributed by atoms with Gasteiger partial charge in [0.1, 0.15) is 5.82 Å². The maximum Gasteiger partial charge on any atom is 0.281 e. The van der Waals surface area contributed by atoms with Gasteiger partial charge in [-0.25, -0.2) is 22.4 Å². The van der Waals surface area contributed by atoms with Crippen molar-refractivity contribution >= 4 is 44.4 Å². The number of aromatic nitrogens is 5. The molecule has 2 aromatic heterocycles. The highest BCUT2D eigenvalue weighted by Gasteiger charge is 2.31. The van der Waals surface area contributed by atoms with E-state index in [2.05, 4.69) is 20.3 Å². The fourth-order valence-electron chi connectivity index (χ4n) is 3.82. The average molecular weight is 485 g/mol. The van der Waals surface area contributed by atoms with Gasteiger partial charge in [0.05, 0.1) is 12.3 Å². The lowest BCUT2D eigenvalue weighted by Crippen LogP contribution is -2.41. The zero-order chi connectivity index (χ0) is 22.2. The normalized spacial score (nSPS) is 18.0. The zero-order valence-electron chi connectivity index (χ0n) is 16.9. The van der Waals surface area contributed by atoms with Gasteiger partial charge >= 0.3 is 0 Å². The van der Waals surface area contributed by atoms with Crippen LogP contribution in [0, 0.1) is 0 Å². The Hall–Kier alpha value is -2.01. The number of halogens is 2. The fourth-order valence-corrected chi connectivity index (χ4v) is 5.93. The number of nitrogens with one attached hydrogen (secondary N) is 1. The van der Waals surface area contributed by atoms with Crippen molar-refractivity contribution in [1.82, 2.24) is 29.3 Å². The summed E-state index contributed by atoms with van der Waals surface area (Å²) in [7, 11) is -3.32. The number of H-pyrrole nitrogens is 1. The molecule has 0 amide bonds. The van der Waals surface area contributed by atoms with E-state index in [1.54, 1.807) is 18.2 Å². The van der Waals surface area contributed by atoms with Crippen LogP contribution in [0.4, 0.5) is 0 Å². The van der Waals surface area contributed by atoms with Crippen LogP contribution in [-0.4, -0.2) is 56.5 Å². The molecular formula is C19H22Cl2N6O3S. The Morgan fingerprint density at radius 2 is 2.00 bits per heavy atom. The largest absolute Gasteiger partial charge is 0.308 e. The van der Waals surface area contributed by atoms with Crippen molar-refractivity contribution in [3.05, 3.63) is 50.0 Å². The fraction of sp³-hybridized carbons (Fsp3) is 0.474. The van der Waals surface area contributed by atoms with Crippen molar-refractivity contribution in [3.8, 4) is 0 Å². The Morgan fingerprint density at radius 3 is 2.71 bits per heavy atom. The second kappa shape index (κ2) is 8.85. The topological polar surface area (TPSA) is 114 Å². The van der Waals surface area contributed by atoms with Gasteiger partial charge < -0.3 is 4.98 Å². The molecule has 9 nitrogen and oxygen atoms in total. The maximum absolute atomic E-state index is 12.6. The Kier molecular flexibility index (Phi) is 6.34. The van der Waals surface area contributed by atoms with Crippen molar-refractivity contribution < 1.29 is 8.42 Å². The molecule has 0 spiro atoms. The van der Waals surface area contributed by atoms with Crippen molar-refractivity contribution in [1.29, 1.82) is 0 Å². The van der Waals surface area contributed by atoms with Gasteiger partial charge in [-0.15, -0.1) is 5.10 Å². The van der Waals surface area contributed by atoms with Crippen LogP contribution in [-0.2, 0) is 16.6 Å². The SMILES string of the molecule is CCCS(=O)(=O)N1CCC[C@@H](c2nc3c(nnn3Cc3c(Cl)cccc3Cl)c(=O)[nH]2)C1. The molecule has 1 aromatic carbocycles. The number of benzene rings is 1. The molecule has 0 bridgehead atoms. The van der Waals surface area contributed by atoms with E-state index in [0.29, 0.717) is 46.5 Å². The number of hydrogen-bond acceptors (Lipinski definition) is 6. The van der Waals surface area contributed by atoms with E-state index in [-0.39, 0.29) is 30.3 Å². The van der Waals surface area contributed by atoms with Crippen LogP contribution in [0.3, 0.4) is 0 Å². The van der Waals surface area contributed by atoms with Gasteiger partial charge in [-0.05, 0) is 31.4 Å². The Morgan fingerprint density at radius 1 is 1.26 bits per heavy atom. The van der Waals surface area contributed by atoms with Gasteiger partial charge in [-0.2, -0.15) is 0 Å². The third kappa shape index (κ3) is 4.48. The van der Waals surface area contributed by atoms with E-state index in [0.717, 1.165) is 6.42 Å². The first kappa shape index (κ1) is 22.2. The van der Waals surface area contributed by atoms with Crippen LogP contribution in [0.2, 0.25) is 10.0 Å². The number of nitrogens with zero attached hydrogens (tertiary/aromatic N) is 5. The molecule has 3 heterocycles. The van der Waals surface area contributed by atoms with Crippen LogP contribution >= 0.6 is 23.2 Å². The first-order valence-corrected chi connectivity index (χ1v) is 12.4. The van der Waals surface area contributed by atoms with Crippen molar-refractivity contribution in [2.75, 3.05) is 18.8 Å². The van der Waals surface area contributed by atoms with Crippen LogP contribution in [0.25, 0.3) is 11.2 Å². The molecule has 0 radical (unpaired) electrons. The van der Waals surface area contributed by atoms with Crippen molar-refractivity contribution in [3.63, 3.8) is 0 Å². The molecule has 4 rings (SSSR count). The second-order valence-corrected chi connectivity index (χ2v) is 10.5. The molecule has 0 saturated carbocycles. The minimum absolute atomic E-state index is 0.109. The molecule has 3 aromatic rings. The lowest BCUT2D eigenvalue weighted by molar-refractivity contribution is 0.309. The summed E-state index contributed by atoms with van der Waals surface area (Å²) < 4.78 is 28.0. The first-order valence-electron chi connectivity index (χ1n) is 10.0. The van der Waals surface area contributed by atoms with E-state index in [1.165, 1.54) is 8.99 Å². The van der Waals surface area contributed by atoms with Crippen molar-refractivity contribution in [2.24, 2.45) is 0 Å². The molecule has 0 aliphatic carbocycles. The number of fused-ring (bicyclic) bond motifs is 1. The molecule has 1 N–H and O–H groups in total. The number of rotatable bonds is 6. The molecule has 1 saturated heterocycles. The van der Waals surface area contributed by atoms with Gasteiger partial charge in [0.2, 0.25) is 10.0 Å². The predicted molar refractivity (Wildman–Crippen MR) is 119 cm³/mol. The van der Waals surface area contributed by atoms with Gasteiger partial charge in [0.25, 0.3) is 5.56 Å². The van der Waals surface area contributed by atoms with Gasteiger partial charge in [-0.3, -0.25) is 4.79 Å². The average Bonchev–Trinajstić information content (AvgIpc) is 3.14. The summed E-state index contributed by atoms with van der Waals surface area (Å²) in [6, 6.07) is 5.19. The molecule has 31 heavy (non-hydrogen) atoms. The predicted octanol–water partition coefficient (Wildman–Crippen LogP) is 2.79. The number of sulfonamides is 1. The smallest absolute Gasteiger partial charge is 0.281 e. The first-order chi connectivity index (χ1) is 14.8. The van der Waals surface area contributed by atoms with E-state index >= 15 is 0 Å². The van der Waals surface area contributed by atoms with Crippen LogP contribution < -0.4 is 5.56 Å². The molecule has 1 atom stereocenters. The Labute approximate surface area is 189 Å². The van der Waals surface area contributed by atoms with E-state index < -0.39 is 15.6 Å². The minimum atomic E-state index is -3.32. The maximum atomic E-state index is 12.6. The van der Waals surface area contributed by atoms with E-state index in [4.69, 9.17) is 23.2 Å². The van der Waals surface area contributed by atoms with Gasteiger partial charge in [0.15, 0.2) is 11.2 Å². The summed E-state index contributed by atoms with van der Waals surface area (Å²) in [4.78, 5) is 20.0. The summed E-state index contributed by atoms with van der Waals surface area (Å²) in [6.45, 7) is 2.81. The number of hydrogen-bond donors (Lipinski definition) is 1. The molecule has 12 heteroatoms. The van der Waals surface area contributed by atoms with Crippen molar-refractivity contribution in [2.45, 2.75) is 38.6 Å². The van der Waals surface area contributed by atoms with E-state index in [1.807, 2.05) is 6.92 Å². The molecule has 166 valence electrons. The Bertz CT molecular complexity index is 1250. The number of piperidine rings is 1. The molecule has 0 unspecified atom stereocenters. The molecule has 1 aliphatic rings. The van der Waals surface area contributed by atoms with Crippen LogP contribution in [0.1, 0.15) is 43.5 Å². The van der Waals surface area contributed by atoms with Crippen LogP contribution in [0.15, 0.2) is 23.0 Å². The summed E-state index contributed by atoms with van der Waals surface area (Å²) in [6.07, 6.45) is 1.98. The highest BCUT2D eigenvalue weighted by molar-refractivity contribution is 7.89. The Balaban J connectivity index is 1.69. The quantitative estimate of drug-likeness (QED) is 0.575. The second-order valence-electron chi connectivity index (χ2n) is 7.58. The summed E-state index contributed by atoms with van der Waals surface area (Å²) in [5.41, 5.74) is 0.655. The number of aromatic amines is 1. The summed E-state index contributed by atoms with van der Waals surface area (Å²) in [5, 5.41) is 8.97. The van der Waals surface area contributed by atoms with Gasteiger partial charge in [-0.1, -0.05) is 41.4 Å². The summed E-state index contributed by atoms with van der Waals surface area (Å²) >= 11 is 12.5. The lowest BCUT2D eigenvalue weighted by Gasteiger charge is -2.31. The summed E-state index contributed by atoms with van der Waals surface area (Å²) in [5.74, 6) is 0.324. The molecular weight excluding hydrogens is 463 g/mol. The third-order valence-electron chi connectivity index (χ3n) is 5.39. The van der Waals surface area contributed by atoms with E-state index in [9.17, 15) is 13.2 Å². The highest BCUT2D eigenvalue weighted by Crippen LogP contribution is 2.28.